The second kappa shape index (κ2) is 14.3. The molecule has 44 heavy (non-hydrogen) atoms. The smallest absolute Gasteiger partial charge is 0.260 e. The van der Waals surface area contributed by atoms with E-state index in [1.54, 1.807) is 29.6 Å². The number of hydrogen-bond donors (Lipinski definition) is 1. The van der Waals surface area contributed by atoms with Gasteiger partial charge < -0.3 is 20.4 Å². The van der Waals surface area contributed by atoms with Crippen LogP contribution in [0.15, 0.2) is 53.4 Å². The standard InChI is InChI=1S/C30H38N8O2S2.C2H6/c1-21-18-28(36-12-11-23(31)20-36)33-30(32-21)35-14-16-37(17-15-35)41-24-8-9-26-22(19-24)10-13-38(26)29(39)25-6-4-5-7-27(25)34(2)42(3)40;1-2/h4-9,18-19,23H,10-17,20,31H2,1-3H3;1-2H3. The highest BCUT2D eigenvalue weighted by molar-refractivity contribution is 7.97. The SMILES string of the molecule is CC.Cc1cc(N2CCC(N)C2)nc(N2CCN(Sc3ccc4c(c3)CCN4C(=O)c3ccccc3N(C)S(C)=O)CC2)n1. The zero-order valence-electron chi connectivity index (χ0n) is 26.4. The molecule has 2 saturated heterocycles. The highest BCUT2D eigenvalue weighted by Crippen LogP contribution is 2.35. The van der Waals surface area contributed by atoms with Crippen LogP contribution < -0.4 is 24.7 Å². The first-order valence-corrected chi connectivity index (χ1v) is 17.7. The number of aromatic nitrogens is 2. The molecule has 1 amide bonds. The lowest BCUT2D eigenvalue weighted by molar-refractivity contribution is 0.0990. The Morgan fingerprint density at radius 2 is 1.75 bits per heavy atom. The van der Waals surface area contributed by atoms with Crippen molar-refractivity contribution in [3.63, 3.8) is 0 Å². The number of amides is 1. The molecule has 2 aromatic carbocycles. The maximum Gasteiger partial charge on any atom is 0.260 e. The molecule has 0 radical (unpaired) electrons. The quantitative estimate of drug-likeness (QED) is 0.384. The molecule has 2 unspecified atom stereocenters. The summed E-state index contributed by atoms with van der Waals surface area (Å²) in [6, 6.07) is 16.0. The van der Waals surface area contributed by atoms with E-state index in [2.05, 4.69) is 38.4 Å². The van der Waals surface area contributed by atoms with Gasteiger partial charge in [0, 0.05) is 87.5 Å². The molecule has 6 rings (SSSR count). The minimum absolute atomic E-state index is 0.0627. The predicted octanol–water partition coefficient (Wildman–Crippen LogP) is 4.11. The number of anilines is 4. The van der Waals surface area contributed by atoms with Crippen LogP contribution in [0.1, 0.15) is 41.9 Å². The first-order valence-electron chi connectivity index (χ1n) is 15.4. The Bertz CT molecular complexity index is 1500. The van der Waals surface area contributed by atoms with Crippen LogP contribution in [0.2, 0.25) is 0 Å². The Hall–Kier alpha value is -3.19. The van der Waals surface area contributed by atoms with Gasteiger partial charge in [-0.15, -0.1) is 0 Å². The Balaban J connectivity index is 0.00000188. The van der Waals surface area contributed by atoms with Gasteiger partial charge in [0.2, 0.25) is 5.95 Å². The summed E-state index contributed by atoms with van der Waals surface area (Å²) in [7, 11) is 0.529. The van der Waals surface area contributed by atoms with Crippen LogP contribution in [0.5, 0.6) is 0 Å². The maximum atomic E-state index is 13.6. The summed E-state index contributed by atoms with van der Waals surface area (Å²) in [5.74, 6) is 1.71. The van der Waals surface area contributed by atoms with Gasteiger partial charge in [-0.05, 0) is 67.6 Å². The van der Waals surface area contributed by atoms with E-state index in [9.17, 15) is 9.00 Å². The summed E-state index contributed by atoms with van der Waals surface area (Å²) in [5, 5.41) is 0. The third-order valence-electron chi connectivity index (χ3n) is 8.18. The molecule has 0 bridgehead atoms. The summed E-state index contributed by atoms with van der Waals surface area (Å²) in [5.41, 5.74) is 10.5. The molecule has 4 heterocycles. The van der Waals surface area contributed by atoms with Gasteiger partial charge >= 0.3 is 0 Å². The largest absolute Gasteiger partial charge is 0.355 e. The number of rotatable bonds is 7. The molecule has 0 saturated carbocycles. The fraction of sp³-hybridized carbons (Fsp3) is 0.469. The third kappa shape index (κ3) is 7.03. The van der Waals surface area contributed by atoms with Gasteiger partial charge in [0.25, 0.3) is 5.91 Å². The summed E-state index contributed by atoms with van der Waals surface area (Å²) in [6.07, 6.45) is 3.43. The molecule has 2 fully saturated rings. The molecule has 3 aliphatic rings. The molecule has 3 aliphatic heterocycles. The number of carbonyl (C=O) groups excluding carboxylic acids is 1. The van der Waals surface area contributed by atoms with Crippen molar-refractivity contribution in [2.45, 2.75) is 44.6 Å². The van der Waals surface area contributed by atoms with Gasteiger partial charge in [-0.2, -0.15) is 4.98 Å². The third-order valence-corrected chi connectivity index (χ3v) is 10.2. The summed E-state index contributed by atoms with van der Waals surface area (Å²) < 4.78 is 16.1. The number of para-hydroxylation sites is 1. The van der Waals surface area contributed by atoms with Crippen LogP contribution in [-0.2, 0) is 17.4 Å². The molecule has 0 aliphatic carbocycles. The number of hydrogen-bond acceptors (Lipinski definition) is 9. The zero-order chi connectivity index (χ0) is 31.4. The topological polar surface area (TPSA) is 102 Å². The Morgan fingerprint density at radius 3 is 2.45 bits per heavy atom. The minimum atomic E-state index is -1.22. The van der Waals surface area contributed by atoms with E-state index in [4.69, 9.17) is 15.7 Å². The van der Waals surface area contributed by atoms with Crippen molar-refractivity contribution >= 4 is 52.0 Å². The number of benzene rings is 2. The molecule has 236 valence electrons. The Morgan fingerprint density at radius 1 is 1.00 bits per heavy atom. The van der Waals surface area contributed by atoms with E-state index in [0.717, 1.165) is 75.3 Å². The van der Waals surface area contributed by atoms with Gasteiger partial charge in [-0.3, -0.25) is 9.10 Å². The lowest BCUT2D eigenvalue weighted by atomic mass is 10.1. The minimum Gasteiger partial charge on any atom is -0.355 e. The Labute approximate surface area is 268 Å². The van der Waals surface area contributed by atoms with Crippen molar-refractivity contribution in [3.05, 3.63) is 65.4 Å². The summed E-state index contributed by atoms with van der Waals surface area (Å²) in [6.45, 7) is 12.0. The summed E-state index contributed by atoms with van der Waals surface area (Å²) in [4.78, 5) is 30.8. The fourth-order valence-electron chi connectivity index (χ4n) is 5.82. The highest BCUT2D eigenvalue weighted by Gasteiger charge is 2.29. The molecule has 1 aromatic heterocycles. The number of aryl methyl sites for hydroxylation is 1. The number of nitrogens with two attached hydrogens (primary N) is 1. The predicted molar refractivity (Wildman–Crippen MR) is 183 cm³/mol. The Kier molecular flexibility index (Phi) is 10.5. The van der Waals surface area contributed by atoms with E-state index in [0.29, 0.717) is 17.8 Å². The molecule has 3 aromatic rings. The lowest BCUT2D eigenvalue weighted by Crippen LogP contribution is -2.44. The van der Waals surface area contributed by atoms with Crippen molar-refractivity contribution in [3.8, 4) is 0 Å². The summed E-state index contributed by atoms with van der Waals surface area (Å²) >= 11 is 1.77. The van der Waals surface area contributed by atoms with Crippen LogP contribution in [0, 0.1) is 6.92 Å². The van der Waals surface area contributed by atoms with Gasteiger partial charge in [-0.25, -0.2) is 13.5 Å². The molecule has 10 nitrogen and oxygen atoms in total. The van der Waals surface area contributed by atoms with E-state index >= 15 is 0 Å². The average molecular weight is 637 g/mol. The lowest BCUT2D eigenvalue weighted by Gasteiger charge is -2.34. The van der Waals surface area contributed by atoms with Crippen molar-refractivity contribution in [2.24, 2.45) is 5.73 Å². The van der Waals surface area contributed by atoms with Crippen LogP contribution in [0.4, 0.5) is 23.1 Å². The van der Waals surface area contributed by atoms with Crippen LogP contribution in [0.3, 0.4) is 0 Å². The maximum absolute atomic E-state index is 13.6. The van der Waals surface area contributed by atoms with E-state index in [1.165, 1.54) is 10.5 Å². The van der Waals surface area contributed by atoms with Gasteiger partial charge in [0.15, 0.2) is 0 Å². The second-order valence-corrected chi connectivity index (χ2v) is 13.7. The van der Waals surface area contributed by atoms with Crippen LogP contribution >= 0.6 is 11.9 Å². The van der Waals surface area contributed by atoms with Gasteiger partial charge in [-0.1, -0.05) is 26.0 Å². The normalized spacial score (nSPS) is 19.0. The van der Waals surface area contributed by atoms with E-state index in [1.807, 2.05) is 49.9 Å². The molecule has 0 spiro atoms. The number of fused-ring (bicyclic) bond motifs is 1. The first-order chi connectivity index (χ1) is 21.3. The second-order valence-electron chi connectivity index (χ2n) is 11.1. The molecule has 2 N–H and O–H groups in total. The van der Waals surface area contributed by atoms with Crippen molar-refractivity contribution in [2.75, 3.05) is 78.1 Å². The average Bonchev–Trinajstić information content (AvgIpc) is 3.67. The van der Waals surface area contributed by atoms with Crippen LogP contribution in [0.25, 0.3) is 0 Å². The monoisotopic (exact) mass is 636 g/mol. The van der Waals surface area contributed by atoms with Crippen LogP contribution in [-0.4, -0.2) is 89.5 Å². The van der Waals surface area contributed by atoms with E-state index in [-0.39, 0.29) is 11.9 Å². The zero-order valence-corrected chi connectivity index (χ0v) is 28.0. The molecular formula is C32H44N8O2S2. The number of piperazine rings is 1. The fourth-order valence-corrected chi connectivity index (χ4v) is 7.23. The van der Waals surface area contributed by atoms with E-state index < -0.39 is 11.0 Å². The number of carbonyl (C=O) groups is 1. The van der Waals surface area contributed by atoms with Crippen molar-refractivity contribution < 1.29 is 9.00 Å². The van der Waals surface area contributed by atoms with Crippen molar-refractivity contribution in [1.29, 1.82) is 0 Å². The van der Waals surface area contributed by atoms with Gasteiger partial charge in [0.1, 0.15) is 16.8 Å². The molecular weight excluding hydrogens is 593 g/mol. The van der Waals surface area contributed by atoms with Gasteiger partial charge in [0.05, 0.1) is 11.3 Å². The number of nitrogens with zero attached hydrogens (tertiary/aromatic N) is 7. The molecule has 2 atom stereocenters. The van der Waals surface area contributed by atoms with Crippen molar-refractivity contribution in [1.82, 2.24) is 14.3 Å². The molecule has 12 heteroatoms. The highest BCUT2D eigenvalue weighted by atomic mass is 32.2. The first kappa shape index (κ1) is 32.2.